The van der Waals surface area contributed by atoms with E-state index in [9.17, 15) is 4.80 Å². The summed E-state index contributed by atoms with van der Waals surface area (Å²) in [7, 11) is -2.88. The van der Waals surface area contributed by atoms with Gasteiger partial charge in [0.2, 0.25) is 0 Å². The van der Waals surface area contributed by atoms with E-state index in [1.54, 1.807) is 20.8 Å². The zero-order chi connectivity index (χ0) is 22.0. The first-order chi connectivity index (χ1) is 14.1. The van der Waals surface area contributed by atoms with Gasteiger partial charge in [0.15, 0.2) is 0 Å². The standard InChI is InChI=1S/C18H16OSi.3C2H6O.Ti/c19-20(16-10-4-1-5-11-16,17-12-6-2-7-13-17)18-14-8-3-9-15-18;3*1-2-3;/h1-15,19H;3*3H,2H2,1H3;. The zero-order valence-electron chi connectivity index (χ0n) is 18.1. The first-order valence-electron chi connectivity index (χ1n) is 9.78. The van der Waals surface area contributed by atoms with Crippen LogP contribution >= 0.6 is 0 Å². The quantitative estimate of drug-likeness (QED) is 0.353. The van der Waals surface area contributed by atoms with Gasteiger partial charge in [0, 0.05) is 41.5 Å². The molecule has 4 N–H and O–H groups in total. The van der Waals surface area contributed by atoms with E-state index in [0.29, 0.717) is 0 Å². The van der Waals surface area contributed by atoms with Crippen LogP contribution in [-0.4, -0.2) is 48.3 Å². The third-order valence-electron chi connectivity index (χ3n) is 3.57. The maximum atomic E-state index is 11.6. The number of hydrogen-bond acceptors (Lipinski definition) is 4. The molecule has 3 rings (SSSR count). The Morgan fingerprint density at radius 1 is 0.500 bits per heavy atom. The van der Waals surface area contributed by atoms with Gasteiger partial charge in [-0.2, -0.15) is 0 Å². The number of benzene rings is 3. The van der Waals surface area contributed by atoms with E-state index in [-0.39, 0.29) is 41.5 Å². The Morgan fingerprint density at radius 2 is 0.667 bits per heavy atom. The Labute approximate surface area is 196 Å². The fourth-order valence-electron chi connectivity index (χ4n) is 2.54. The molecule has 0 saturated heterocycles. The van der Waals surface area contributed by atoms with Gasteiger partial charge in [-0.05, 0) is 36.3 Å². The summed E-state index contributed by atoms with van der Waals surface area (Å²) in [5, 5.41) is 25.7. The molecule has 0 saturated carbocycles. The van der Waals surface area contributed by atoms with Crippen LogP contribution in [0.3, 0.4) is 0 Å². The van der Waals surface area contributed by atoms with Crippen molar-refractivity contribution >= 4 is 23.9 Å². The van der Waals surface area contributed by atoms with Gasteiger partial charge < -0.3 is 20.1 Å². The predicted octanol–water partition coefficient (Wildman–Crippen LogP) is 1.64. The van der Waals surface area contributed by atoms with Crippen LogP contribution in [0.4, 0.5) is 0 Å². The third-order valence-corrected chi connectivity index (χ3v) is 7.08. The molecule has 0 aliphatic carbocycles. The van der Waals surface area contributed by atoms with E-state index in [0.717, 1.165) is 15.6 Å². The molecule has 0 aliphatic heterocycles. The van der Waals surface area contributed by atoms with Crippen molar-refractivity contribution in [2.24, 2.45) is 0 Å². The zero-order valence-corrected chi connectivity index (χ0v) is 20.6. The van der Waals surface area contributed by atoms with Crippen LogP contribution in [0.2, 0.25) is 0 Å². The van der Waals surface area contributed by atoms with Gasteiger partial charge in [0.1, 0.15) is 0 Å². The van der Waals surface area contributed by atoms with Crippen LogP contribution < -0.4 is 15.6 Å². The molecule has 162 valence electrons. The minimum absolute atomic E-state index is 0. The van der Waals surface area contributed by atoms with Crippen molar-refractivity contribution in [2.75, 3.05) is 19.8 Å². The molecule has 0 radical (unpaired) electrons. The van der Waals surface area contributed by atoms with Crippen LogP contribution in [0.15, 0.2) is 91.0 Å². The van der Waals surface area contributed by atoms with Gasteiger partial charge in [-0.1, -0.05) is 91.0 Å². The molecule has 0 unspecified atom stereocenters. The van der Waals surface area contributed by atoms with Gasteiger partial charge in [0.25, 0.3) is 8.32 Å². The monoisotopic (exact) mass is 462 g/mol. The number of hydrogen-bond donors (Lipinski definition) is 4. The Morgan fingerprint density at radius 3 is 0.833 bits per heavy atom. The fraction of sp³-hybridized carbons (Fsp3) is 0.250. The molecule has 0 heterocycles. The average Bonchev–Trinajstić information content (AvgIpc) is 2.77. The molecule has 3 aromatic rings. The minimum atomic E-state index is -2.88. The van der Waals surface area contributed by atoms with Crippen LogP contribution in [0.25, 0.3) is 0 Å². The summed E-state index contributed by atoms with van der Waals surface area (Å²) in [4.78, 5) is 11.6. The molecule has 3 aromatic carbocycles. The normalized spacial score (nSPS) is 9.30. The van der Waals surface area contributed by atoms with E-state index in [1.165, 1.54) is 0 Å². The molecule has 0 aliphatic rings. The second-order valence-corrected chi connectivity index (χ2v) is 8.91. The van der Waals surface area contributed by atoms with Crippen LogP contribution in [-0.2, 0) is 21.7 Å². The molecule has 6 heteroatoms. The number of aliphatic hydroxyl groups is 3. The second-order valence-electron chi connectivity index (χ2n) is 5.76. The van der Waals surface area contributed by atoms with Crippen molar-refractivity contribution in [3.05, 3.63) is 91.0 Å². The molecule has 0 amide bonds. The second kappa shape index (κ2) is 19.4. The summed E-state index contributed by atoms with van der Waals surface area (Å²) >= 11 is 0. The van der Waals surface area contributed by atoms with Gasteiger partial charge in [-0.3, -0.25) is 0 Å². The van der Waals surface area contributed by atoms with Crippen molar-refractivity contribution < 1.29 is 41.8 Å². The first-order valence-corrected chi connectivity index (χ1v) is 11.7. The van der Waals surface area contributed by atoms with Crippen LogP contribution in [0.5, 0.6) is 0 Å². The van der Waals surface area contributed by atoms with Gasteiger partial charge in [-0.25, -0.2) is 0 Å². The van der Waals surface area contributed by atoms with E-state index in [2.05, 4.69) is 0 Å². The maximum Gasteiger partial charge on any atom is 0.285 e. The smallest absolute Gasteiger partial charge is 0.285 e. The molecule has 0 aromatic heterocycles. The molecule has 30 heavy (non-hydrogen) atoms. The summed E-state index contributed by atoms with van der Waals surface area (Å²) in [6, 6.07) is 30.0. The molecular weight excluding hydrogens is 428 g/mol. The summed E-state index contributed by atoms with van der Waals surface area (Å²) in [5.41, 5.74) is 0. The van der Waals surface area contributed by atoms with Crippen molar-refractivity contribution in [3.63, 3.8) is 0 Å². The SMILES string of the molecule is CCO.CCO.CCO.O[Si](c1ccccc1)(c1ccccc1)c1ccccc1.[Ti]. The van der Waals surface area contributed by atoms with E-state index < -0.39 is 8.32 Å². The van der Waals surface area contributed by atoms with Crippen LogP contribution in [0, 0.1) is 0 Å². The Balaban J connectivity index is 0. The largest absolute Gasteiger partial charge is 0.421 e. The van der Waals surface area contributed by atoms with Crippen molar-refractivity contribution in [1.29, 1.82) is 0 Å². The predicted molar refractivity (Wildman–Crippen MR) is 124 cm³/mol. The van der Waals surface area contributed by atoms with Crippen molar-refractivity contribution in [1.82, 2.24) is 0 Å². The molecule has 0 fully saturated rings. The Kier molecular flexibility index (Phi) is 19.8. The molecular formula is C24H34O4SiTi. The van der Waals surface area contributed by atoms with E-state index in [1.807, 2.05) is 91.0 Å². The summed E-state index contributed by atoms with van der Waals surface area (Å²) in [6.45, 7) is 5.79. The maximum absolute atomic E-state index is 11.6. The van der Waals surface area contributed by atoms with Crippen molar-refractivity contribution in [3.8, 4) is 0 Å². The Bertz CT molecular complexity index is 627. The topological polar surface area (TPSA) is 80.9 Å². The van der Waals surface area contributed by atoms with Gasteiger partial charge in [-0.15, -0.1) is 0 Å². The molecule has 0 spiro atoms. The molecule has 0 atom stereocenters. The molecule has 4 nitrogen and oxygen atoms in total. The summed E-state index contributed by atoms with van der Waals surface area (Å²) < 4.78 is 0. The summed E-state index contributed by atoms with van der Waals surface area (Å²) in [6.07, 6.45) is 0. The number of aliphatic hydroxyl groups excluding tert-OH is 3. The summed E-state index contributed by atoms with van der Waals surface area (Å²) in [5.74, 6) is 0. The van der Waals surface area contributed by atoms with Crippen molar-refractivity contribution in [2.45, 2.75) is 20.8 Å². The van der Waals surface area contributed by atoms with Gasteiger partial charge >= 0.3 is 0 Å². The van der Waals surface area contributed by atoms with Gasteiger partial charge in [0.05, 0.1) is 0 Å². The molecule has 0 bridgehead atoms. The van der Waals surface area contributed by atoms with E-state index >= 15 is 0 Å². The number of rotatable bonds is 3. The first kappa shape index (κ1) is 30.6. The minimum Gasteiger partial charge on any atom is -0.421 e. The average molecular weight is 462 g/mol. The Hall–Kier alpha value is -1.57. The third kappa shape index (κ3) is 10.5. The fourth-order valence-corrected chi connectivity index (χ4v) is 5.56. The van der Waals surface area contributed by atoms with Crippen LogP contribution in [0.1, 0.15) is 20.8 Å². The van der Waals surface area contributed by atoms with E-state index in [4.69, 9.17) is 15.3 Å².